The second kappa shape index (κ2) is 13.5. The summed E-state index contributed by atoms with van der Waals surface area (Å²) < 4.78 is 43.7. The van der Waals surface area contributed by atoms with E-state index in [1.807, 2.05) is 36.4 Å². The average molecular weight is 829 g/mol. The molecule has 0 aliphatic carbocycles. The Balaban J connectivity index is 1.15. The van der Waals surface area contributed by atoms with Gasteiger partial charge in [0.25, 0.3) is 0 Å². The topological polar surface area (TPSA) is 40.7 Å². The molecule has 0 bridgehead atoms. The smallest absolute Gasteiger partial charge is 0.220 e. The summed E-state index contributed by atoms with van der Waals surface area (Å²) >= 11 is 0. The van der Waals surface area contributed by atoms with Crippen molar-refractivity contribution >= 4 is 56.7 Å². The Morgan fingerprint density at radius 1 is 0.476 bits per heavy atom. The second-order valence-corrected chi connectivity index (χ2v) is 20.2. The van der Waals surface area contributed by atoms with Crippen LogP contribution < -0.4 is 30.2 Å². The van der Waals surface area contributed by atoms with Crippen LogP contribution in [-0.2, 0) is 5.41 Å². The number of aryl methyl sites for hydroxylation is 1. The molecule has 2 aliphatic heterocycles. The SMILES string of the molecule is [2H]C([2H])([2H])c1cccc2c1nc1n(-c3cccc([Si](c4ccccc4)(c4ccccc4)c4cccc5c4Oc4ccccc4C54c5ccccc5Oc5ccccc54)c3)c3ccccc3n21. The molecule has 0 N–H and O–H groups in total. The first-order valence-corrected chi connectivity index (χ1v) is 23.3. The van der Waals surface area contributed by atoms with Crippen LogP contribution in [0.2, 0.25) is 0 Å². The first-order valence-electron chi connectivity index (χ1n) is 22.8. The highest BCUT2D eigenvalue weighted by molar-refractivity contribution is 7.20. The molecule has 9 aromatic carbocycles. The molecule has 6 heteroatoms. The molecule has 4 heterocycles. The minimum atomic E-state index is -3.38. The number of fused-ring (bicyclic) bond motifs is 13. The van der Waals surface area contributed by atoms with Gasteiger partial charge in [0.1, 0.15) is 23.0 Å². The van der Waals surface area contributed by atoms with Crippen molar-refractivity contribution in [3.05, 3.63) is 246 Å². The first kappa shape index (κ1) is 32.8. The number of hydrogen-bond donors (Lipinski definition) is 0. The van der Waals surface area contributed by atoms with Crippen molar-refractivity contribution in [2.75, 3.05) is 0 Å². The Bertz CT molecular complexity index is 3630. The number of ether oxygens (including phenoxy) is 2. The summed E-state index contributed by atoms with van der Waals surface area (Å²) in [6.07, 6.45) is 0. The predicted octanol–water partition coefficient (Wildman–Crippen LogP) is 10.7. The van der Waals surface area contributed by atoms with Crippen molar-refractivity contribution < 1.29 is 13.6 Å². The second-order valence-electron chi connectivity index (χ2n) is 16.4. The fourth-order valence-corrected chi connectivity index (χ4v) is 15.7. The lowest BCUT2D eigenvalue weighted by Gasteiger charge is -2.46. The number of benzene rings is 9. The van der Waals surface area contributed by atoms with Gasteiger partial charge < -0.3 is 9.47 Å². The summed E-state index contributed by atoms with van der Waals surface area (Å²) in [6, 6.07) is 76.5. The largest absolute Gasteiger partial charge is 0.457 e. The van der Waals surface area contributed by atoms with Gasteiger partial charge in [0, 0.05) is 32.1 Å². The van der Waals surface area contributed by atoms with Gasteiger partial charge in [-0.05, 0) is 81.7 Å². The van der Waals surface area contributed by atoms with Crippen molar-refractivity contribution in [1.82, 2.24) is 14.0 Å². The summed E-state index contributed by atoms with van der Waals surface area (Å²) in [5.41, 5.74) is 7.71. The molecule has 2 aromatic heterocycles. The fourth-order valence-electron chi connectivity index (χ4n) is 10.8. The van der Waals surface area contributed by atoms with Gasteiger partial charge in [0.2, 0.25) is 5.78 Å². The van der Waals surface area contributed by atoms with Crippen LogP contribution in [0, 0.1) is 6.85 Å². The Morgan fingerprint density at radius 3 is 1.67 bits per heavy atom. The number of aromatic nitrogens is 3. The molecule has 1 spiro atoms. The molecule has 0 amide bonds. The van der Waals surface area contributed by atoms with E-state index in [2.05, 4.69) is 185 Å². The molecule has 0 fully saturated rings. The van der Waals surface area contributed by atoms with Crippen molar-refractivity contribution in [1.29, 1.82) is 0 Å². The van der Waals surface area contributed by atoms with E-state index in [0.717, 1.165) is 77.9 Å². The Hall–Kier alpha value is -7.93. The zero-order valence-corrected chi connectivity index (χ0v) is 34.9. The molecule has 13 rings (SSSR count). The molecule has 0 atom stereocenters. The van der Waals surface area contributed by atoms with Gasteiger partial charge in [-0.25, -0.2) is 4.98 Å². The van der Waals surface area contributed by atoms with Crippen LogP contribution in [0.3, 0.4) is 0 Å². The van der Waals surface area contributed by atoms with Gasteiger partial charge in [0.05, 0.1) is 27.5 Å². The van der Waals surface area contributed by atoms with Crippen molar-refractivity contribution in [2.24, 2.45) is 0 Å². The lowest BCUT2D eigenvalue weighted by molar-refractivity contribution is 0.401. The van der Waals surface area contributed by atoms with Gasteiger partial charge in [-0.2, -0.15) is 0 Å². The third kappa shape index (κ3) is 4.84. The van der Waals surface area contributed by atoms with E-state index < -0.39 is 20.3 Å². The lowest BCUT2D eigenvalue weighted by Crippen LogP contribution is -2.75. The van der Waals surface area contributed by atoms with Crippen LogP contribution in [-0.4, -0.2) is 22.0 Å². The van der Waals surface area contributed by atoms with E-state index in [-0.39, 0.29) is 5.56 Å². The molecule has 0 radical (unpaired) electrons. The fraction of sp³-hybridized carbons (Fsp3) is 0.0351. The van der Waals surface area contributed by atoms with Crippen LogP contribution in [0.25, 0.3) is 33.5 Å². The first-order chi connectivity index (χ1) is 32.4. The van der Waals surface area contributed by atoms with Gasteiger partial charge in [0.15, 0.2) is 8.07 Å². The van der Waals surface area contributed by atoms with Crippen LogP contribution in [0.5, 0.6) is 23.0 Å². The van der Waals surface area contributed by atoms with Gasteiger partial charge in [-0.1, -0.05) is 170 Å². The summed E-state index contributed by atoms with van der Waals surface area (Å²) in [5, 5.41) is 4.65. The average Bonchev–Trinajstić information content (AvgIpc) is 3.90. The summed E-state index contributed by atoms with van der Waals surface area (Å²) in [7, 11) is -3.38. The number of nitrogens with zero attached hydrogens (tertiary/aromatic N) is 3. The number of rotatable bonds is 5. The van der Waals surface area contributed by atoms with E-state index in [0.29, 0.717) is 11.3 Å². The molecule has 5 nitrogen and oxygen atoms in total. The minimum Gasteiger partial charge on any atom is -0.457 e. The van der Waals surface area contributed by atoms with E-state index >= 15 is 0 Å². The Kier molecular flexibility index (Phi) is 7.04. The van der Waals surface area contributed by atoms with E-state index in [1.54, 1.807) is 6.07 Å². The normalized spacial score (nSPS) is 14.4. The van der Waals surface area contributed by atoms with E-state index in [9.17, 15) is 0 Å². The molecule has 298 valence electrons. The molecular weight excluding hydrogens is 787 g/mol. The van der Waals surface area contributed by atoms with Gasteiger partial charge >= 0.3 is 0 Å². The molecule has 0 saturated heterocycles. The van der Waals surface area contributed by atoms with Crippen LogP contribution >= 0.6 is 0 Å². The standard InChI is InChI=1S/C57H39N3O2Si/c1-38-19-16-32-49-54(38)58-56-59(47-30-11-12-31-48(47)60(49)56)39-20-17-25-42(37-39)63(40-21-4-2-5-22-40,41-23-6-3-7-24-41)53-36-18-29-46-55(53)62-52-35-15-10-28-45(52)57(46)43-26-8-13-33-50(43)61-51-34-14-9-27-44(51)57/h2-37H,1H3/i1D3. The highest BCUT2D eigenvalue weighted by atomic mass is 28.3. The summed E-state index contributed by atoms with van der Waals surface area (Å²) in [6.45, 7) is -2.33. The zero-order valence-electron chi connectivity index (χ0n) is 36.9. The maximum Gasteiger partial charge on any atom is 0.220 e. The summed E-state index contributed by atoms with van der Waals surface area (Å²) in [5.74, 6) is 3.90. The monoisotopic (exact) mass is 828 g/mol. The lowest BCUT2D eigenvalue weighted by atomic mass is 9.62. The van der Waals surface area contributed by atoms with E-state index in [4.69, 9.17) is 18.6 Å². The Labute approximate surface area is 369 Å². The third-order valence-electron chi connectivity index (χ3n) is 13.3. The third-order valence-corrected chi connectivity index (χ3v) is 18.1. The van der Waals surface area contributed by atoms with Crippen LogP contribution in [0.4, 0.5) is 0 Å². The highest BCUT2D eigenvalue weighted by Gasteiger charge is 2.53. The maximum absolute atomic E-state index is 8.41. The quantitative estimate of drug-likeness (QED) is 0.128. The van der Waals surface area contributed by atoms with Crippen molar-refractivity contribution in [2.45, 2.75) is 12.3 Å². The number of para-hydroxylation sites is 7. The minimum absolute atomic E-state index is 0.232. The maximum atomic E-state index is 8.41. The molecule has 0 saturated carbocycles. The molecule has 11 aromatic rings. The van der Waals surface area contributed by atoms with Crippen molar-refractivity contribution in [3.63, 3.8) is 0 Å². The molecule has 63 heavy (non-hydrogen) atoms. The number of imidazole rings is 2. The Morgan fingerprint density at radius 2 is 1.00 bits per heavy atom. The van der Waals surface area contributed by atoms with E-state index in [1.165, 1.54) is 10.4 Å². The molecule has 0 unspecified atom stereocenters. The molecule has 2 aliphatic rings. The summed E-state index contributed by atoms with van der Waals surface area (Å²) in [4.78, 5) is 5.17. The zero-order chi connectivity index (χ0) is 44.2. The van der Waals surface area contributed by atoms with Gasteiger partial charge in [-0.3, -0.25) is 8.97 Å². The molecular formula is C57H39N3O2Si. The van der Waals surface area contributed by atoms with Crippen LogP contribution in [0.1, 0.15) is 31.9 Å². The highest BCUT2D eigenvalue weighted by Crippen LogP contribution is 2.61. The van der Waals surface area contributed by atoms with Gasteiger partial charge in [-0.15, -0.1) is 0 Å². The van der Waals surface area contributed by atoms with Crippen molar-refractivity contribution in [3.8, 4) is 28.7 Å². The number of hydrogen-bond acceptors (Lipinski definition) is 3. The predicted molar refractivity (Wildman–Crippen MR) is 256 cm³/mol. The van der Waals surface area contributed by atoms with Crippen LogP contribution in [0.15, 0.2) is 218 Å².